The van der Waals surface area contributed by atoms with Crippen molar-refractivity contribution in [3.05, 3.63) is 65.3 Å². The fraction of sp³-hybridized carbons (Fsp3) is 0.111. The molecule has 1 N–H and O–H groups in total. The maximum absolute atomic E-state index is 12.8. The van der Waals surface area contributed by atoms with E-state index in [1.807, 2.05) is 24.3 Å². The Balaban J connectivity index is 1.94. The third kappa shape index (κ3) is 3.89. The number of pyridine rings is 1. The zero-order valence-electron chi connectivity index (χ0n) is 13.4. The van der Waals surface area contributed by atoms with Crippen molar-refractivity contribution >= 4 is 39.0 Å². The number of benzene rings is 1. The van der Waals surface area contributed by atoms with E-state index >= 15 is 0 Å². The molecule has 25 heavy (non-hydrogen) atoms. The molecule has 1 amide bonds. The molecule has 0 radical (unpaired) electrons. The second-order valence-corrected chi connectivity index (χ2v) is 6.39. The lowest BCUT2D eigenvalue weighted by molar-refractivity contribution is -0.137. The summed E-state index contributed by atoms with van der Waals surface area (Å²) in [6.45, 7) is 1.17. The van der Waals surface area contributed by atoms with Crippen molar-refractivity contribution in [2.45, 2.75) is 6.92 Å². The fourth-order valence-electron chi connectivity index (χ4n) is 2.30. The van der Waals surface area contributed by atoms with Crippen LogP contribution in [-0.4, -0.2) is 39.2 Å². The number of carbonyl (C=O) groups is 2. The molecule has 7 heteroatoms. The highest BCUT2D eigenvalue weighted by molar-refractivity contribution is 7.20. The van der Waals surface area contributed by atoms with Gasteiger partial charge in [-0.3, -0.25) is 14.6 Å². The van der Waals surface area contributed by atoms with Crippen LogP contribution >= 0.6 is 11.3 Å². The van der Waals surface area contributed by atoms with Gasteiger partial charge in [0, 0.05) is 10.9 Å². The number of thiophene rings is 1. The van der Waals surface area contributed by atoms with Crippen LogP contribution in [0.1, 0.15) is 22.3 Å². The molecule has 0 aliphatic heterocycles. The molecule has 0 bridgehead atoms. The molecule has 0 unspecified atom stereocenters. The Hall–Kier alpha value is -3.06. The van der Waals surface area contributed by atoms with E-state index in [0.717, 1.165) is 15.1 Å². The maximum Gasteiger partial charge on any atom is 0.325 e. The zero-order valence-corrected chi connectivity index (χ0v) is 14.2. The van der Waals surface area contributed by atoms with Crippen molar-refractivity contribution < 1.29 is 14.7 Å². The summed E-state index contributed by atoms with van der Waals surface area (Å²) in [6.07, 6.45) is 1.61. The normalized spacial score (nSPS) is 11.5. The van der Waals surface area contributed by atoms with Gasteiger partial charge in [0.1, 0.15) is 6.54 Å². The summed E-state index contributed by atoms with van der Waals surface area (Å²) in [7, 11) is 0. The van der Waals surface area contributed by atoms with Crippen molar-refractivity contribution in [2.24, 2.45) is 5.10 Å². The van der Waals surface area contributed by atoms with Crippen molar-refractivity contribution in [1.29, 1.82) is 0 Å². The van der Waals surface area contributed by atoms with Gasteiger partial charge in [0.25, 0.3) is 5.91 Å². The highest BCUT2D eigenvalue weighted by Gasteiger charge is 2.21. The molecule has 6 nitrogen and oxygen atoms in total. The predicted molar refractivity (Wildman–Crippen MR) is 96.9 cm³/mol. The topological polar surface area (TPSA) is 82.9 Å². The summed E-state index contributed by atoms with van der Waals surface area (Å²) < 4.78 is 0.964. The molecular formula is C18H15N3O3S. The van der Waals surface area contributed by atoms with Crippen LogP contribution in [0.15, 0.2) is 59.8 Å². The van der Waals surface area contributed by atoms with Crippen LogP contribution in [0.25, 0.3) is 10.1 Å². The first-order valence-corrected chi connectivity index (χ1v) is 8.35. The van der Waals surface area contributed by atoms with E-state index in [4.69, 9.17) is 5.11 Å². The maximum atomic E-state index is 12.8. The quantitative estimate of drug-likeness (QED) is 0.564. The second kappa shape index (κ2) is 7.23. The molecule has 0 fully saturated rings. The Morgan fingerprint density at radius 1 is 1.20 bits per heavy atom. The summed E-state index contributed by atoms with van der Waals surface area (Å²) in [5.41, 5.74) is 1.05. The van der Waals surface area contributed by atoms with Gasteiger partial charge in [-0.15, -0.1) is 11.3 Å². The molecule has 3 aromatic rings. The molecule has 0 atom stereocenters. The van der Waals surface area contributed by atoms with Crippen molar-refractivity contribution in [3.8, 4) is 0 Å². The van der Waals surface area contributed by atoms with Crippen molar-refractivity contribution in [3.63, 3.8) is 0 Å². The number of fused-ring (bicyclic) bond motifs is 1. The Labute approximate surface area is 148 Å². The zero-order chi connectivity index (χ0) is 17.8. The monoisotopic (exact) mass is 353 g/mol. The van der Waals surface area contributed by atoms with E-state index in [2.05, 4.69) is 10.1 Å². The van der Waals surface area contributed by atoms with Crippen LogP contribution in [0.3, 0.4) is 0 Å². The second-order valence-electron chi connectivity index (χ2n) is 5.31. The van der Waals surface area contributed by atoms with Crippen LogP contribution in [0.4, 0.5) is 0 Å². The number of carboxylic acids is 1. The molecule has 0 aliphatic rings. The van der Waals surface area contributed by atoms with Crippen LogP contribution in [-0.2, 0) is 4.79 Å². The number of carbonyl (C=O) groups excluding carboxylic acids is 1. The van der Waals surface area contributed by atoms with Gasteiger partial charge in [0.2, 0.25) is 0 Å². The molecule has 0 spiro atoms. The van der Waals surface area contributed by atoms with E-state index in [1.165, 1.54) is 11.3 Å². The van der Waals surface area contributed by atoms with Gasteiger partial charge in [-0.2, -0.15) is 5.10 Å². The standard InChI is InChI=1S/C18H15N3O3S/c1-12(14-7-4-5-9-19-14)20-21(11-17(22)23)18(24)16-10-13-6-2-3-8-15(13)25-16/h2-10H,11H2,1H3,(H,22,23). The first-order valence-electron chi connectivity index (χ1n) is 7.53. The first-order chi connectivity index (χ1) is 12.0. The van der Waals surface area contributed by atoms with Crippen LogP contribution < -0.4 is 0 Å². The molecular weight excluding hydrogens is 338 g/mol. The minimum Gasteiger partial charge on any atom is -0.480 e. The van der Waals surface area contributed by atoms with Crippen LogP contribution in [0.2, 0.25) is 0 Å². The Bertz CT molecular complexity index is 917. The van der Waals surface area contributed by atoms with E-state index < -0.39 is 18.4 Å². The van der Waals surface area contributed by atoms with Crippen molar-refractivity contribution in [2.75, 3.05) is 6.54 Å². The predicted octanol–water partition coefficient (Wildman–Crippen LogP) is 3.25. The average Bonchev–Trinajstić information content (AvgIpc) is 3.05. The number of aliphatic carboxylic acids is 1. The van der Waals surface area contributed by atoms with Gasteiger partial charge in [-0.05, 0) is 36.6 Å². The van der Waals surface area contributed by atoms with E-state index in [1.54, 1.807) is 37.4 Å². The molecule has 2 heterocycles. The number of hydrogen-bond acceptors (Lipinski definition) is 5. The van der Waals surface area contributed by atoms with E-state index in [-0.39, 0.29) is 0 Å². The minimum atomic E-state index is -1.13. The number of nitrogens with zero attached hydrogens (tertiary/aromatic N) is 3. The van der Waals surface area contributed by atoms with Gasteiger partial charge in [-0.25, -0.2) is 5.01 Å². The number of aromatic nitrogens is 1. The average molecular weight is 353 g/mol. The number of carboxylic acid groups (broad SMARTS) is 1. The van der Waals surface area contributed by atoms with Crippen molar-refractivity contribution in [1.82, 2.24) is 9.99 Å². The summed E-state index contributed by atoms with van der Waals surface area (Å²) in [4.78, 5) is 28.5. The Kier molecular flexibility index (Phi) is 4.85. The Morgan fingerprint density at radius 2 is 1.96 bits per heavy atom. The van der Waals surface area contributed by atoms with E-state index in [0.29, 0.717) is 16.3 Å². The lowest BCUT2D eigenvalue weighted by Crippen LogP contribution is -2.31. The largest absolute Gasteiger partial charge is 0.480 e. The van der Waals surface area contributed by atoms with Crippen LogP contribution in [0, 0.1) is 0 Å². The molecule has 126 valence electrons. The number of rotatable bonds is 5. The molecule has 0 saturated heterocycles. The van der Waals surface area contributed by atoms with Gasteiger partial charge in [-0.1, -0.05) is 24.3 Å². The van der Waals surface area contributed by atoms with Gasteiger partial charge < -0.3 is 5.11 Å². The first kappa shape index (κ1) is 16.8. The minimum absolute atomic E-state index is 0.444. The molecule has 3 rings (SSSR count). The number of hydrogen-bond donors (Lipinski definition) is 1. The van der Waals surface area contributed by atoms with Gasteiger partial charge >= 0.3 is 5.97 Å². The highest BCUT2D eigenvalue weighted by Crippen LogP contribution is 2.26. The molecule has 1 aromatic carbocycles. The smallest absolute Gasteiger partial charge is 0.325 e. The molecule has 0 saturated carbocycles. The SMILES string of the molecule is CC(=NN(CC(=O)O)C(=O)c1cc2ccccc2s1)c1ccccn1. The van der Waals surface area contributed by atoms with Gasteiger partial charge in [0.15, 0.2) is 0 Å². The number of hydrazone groups is 1. The summed E-state index contributed by atoms with van der Waals surface area (Å²) in [5.74, 6) is -1.58. The Morgan fingerprint density at radius 3 is 2.64 bits per heavy atom. The molecule has 0 aliphatic carbocycles. The number of amides is 1. The third-order valence-electron chi connectivity index (χ3n) is 3.46. The lowest BCUT2D eigenvalue weighted by Gasteiger charge is -2.15. The summed E-state index contributed by atoms with van der Waals surface area (Å²) in [5, 5.41) is 15.2. The van der Waals surface area contributed by atoms with Crippen LogP contribution in [0.5, 0.6) is 0 Å². The van der Waals surface area contributed by atoms with Gasteiger partial charge in [0.05, 0.1) is 16.3 Å². The molecule has 2 aromatic heterocycles. The summed E-state index contributed by atoms with van der Waals surface area (Å²) in [6, 6.07) is 14.7. The fourth-order valence-corrected chi connectivity index (χ4v) is 3.31. The van der Waals surface area contributed by atoms with E-state index in [9.17, 15) is 9.59 Å². The third-order valence-corrected chi connectivity index (χ3v) is 4.57. The lowest BCUT2D eigenvalue weighted by atomic mass is 10.2. The highest BCUT2D eigenvalue weighted by atomic mass is 32.1. The summed E-state index contributed by atoms with van der Waals surface area (Å²) >= 11 is 1.31.